The molecule has 35 heavy (non-hydrogen) atoms. The topological polar surface area (TPSA) is 53.8 Å². The van der Waals surface area contributed by atoms with E-state index in [2.05, 4.69) is 28.6 Å². The first kappa shape index (κ1) is 24.4. The smallest absolute Gasteiger partial charge is 0.406 e. The standard InChI is InChI=1S/C25H34F3N5O2/c1-17-5-3-8-30(17)10-7-22(32-9-4-6-18(32)2)35-20-13-19-14-21-24(34)31(16-25(26,27)28)11-12-33(21)23(19)29-15-20/h13-15,17-18,22H,3-12,16H2,1-2H3/t17-,18-,22?/m0/s1. The summed E-state index contributed by atoms with van der Waals surface area (Å²) in [6.07, 6.45) is 2.87. The molecule has 0 aromatic carbocycles. The van der Waals surface area contributed by atoms with Crippen LogP contribution in [0.25, 0.3) is 11.0 Å². The number of carbonyl (C=O) groups excluding carboxylic acids is 1. The molecule has 3 atom stereocenters. The molecule has 1 unspecified atom stereocenters. The van der Waals surface area contributed by atoms with Gasteiger partial charge in [0.2, 0.25) is 0 Å². The number of ether oxygens (including phenoxy) is 1. The van der Waals surface area contributed by atoms with Gasteiger partial charge in [-0.05, 0) is 58.2 Å². The number of aromatic nitrogens is 2. The second kappa shape index (κ2) is 9.61. The highest BCUT2D eigenvalue weighted by atomic mass is 19.4. The van der Waals surface area contributed by atoms with Crippen molar-refractivity contribution in [2.24, 2.45) is 0 Å². The number of hydrogen-bond acceptors (Lipinski definition) is 5. The summed E-state index contributed by atoms with van der Waals surface area (Å²) in [6, 6.07) is 4.55. The second-order valence-corrected chi connectivity index (χ2v) is 10.2. The van der Waals surface area contributed by atoms with Crippen LogP contribution in [0.4, 0.5) is 13.2 Å². The van der Waals surface area contributed by atoms with Gasteiger partial charge in [-0.3, -0.25) is 9.69 Å². The molecule has 0 spiro atoms. The third kappa shape index (κ3) is 5.14. The molecule has 7 nitrogen and oxygen atoms in total. The summed E-state index contributed by atoms with van der Waals surface area (Å²) in [4.78, 5) is 23.1. The zero-order valence-corrected chi connectivity index (χ0v) is 20.4. The van der Waals surface area contributed by atoms with Crippen molar-refractivity contribution in [2.75, 3.05) is 32.7 Å². The van der Waals surface area contributed by atoms with Gasteiger partial charge in [-0.2, -0.15) is 13.2 Å². The monoisotopic (exact) mass is 493 g/mol. The van der Waals surface area contributed by atoms with E-state index in [0.29, 0.717) is 28.9 Å². The minimum Gasteiger partial charge on any atom is -0.473 e. The molecule has 192 valence electrons. The summed E-state index contributed by atoms with van der Waals surface area (Å²) in [5.74, 6) is 0.0103. The highest BCUT2D eigenvalue weighted by molar-refractivity contribution is 5.98. The lowest BCUT2D eigenvalue weighted by atomic mass is 10.2. The summed E-state index contributed by atoms with van der Waals surface area (Å²) >= 11 is 0. The molecule has 2 aromatic heterocycles. The molecular weight excluding hydrogens is 459 g/mol. The van der Waals surface area contributed by atoms with Crippen LogP contribution in [0, 0.1) is 0 Å². The first-order valence-corrected chi connectivity index (χ1v) is 12.7. The second-order valence-electron chi connectivity index (χ2n) is 10.2. The van der Waals surface area contributed by atoms with E-state index < -0.39 is 18.6 Å². The first-order chi connectivity index (χ1) is 16.7. The lowest BCUT2D eigenvalue weighted by Gasteiger charge is -2.33. The van der Waals surface area contributed by atoms with Crippen molar-refractivity contribution in [3.05, 3.63) is 24.0 Å². The minimum absolute atomic E-state index is 0.0128. The molecule has 2 aromatic rings. The van der Waals surface area contributed by atoms with Crippen LogP contribution < -0.4 is 4.74 Å². The molecule has 1 amide bonds. The Morgan fingerprint density at radius 2 is 1.86 bits per heavy atom. The average Bonchev–Trinajstić information content (AvgIpc) is 3.50. The van der Waals surface area contributed by atoms with Crippen molar-refractivity contribution in [1.29, 1.82) is 0 Å². The van der Waals surface area contributed by atoms with E-state index in [1.807, 2.05) is 6.07 Å². The molecule has 2 fully saturated rings. The zero-order chi connectivity index (χ0) is 24.7. The Balaban J connectivity index is 1.35. The number of rotatable bonds is 7. The Labute approximate surface area is 203 Å². The fourth-order valence-corrected chi connectivity index (χ4v) is 5.88. The maximum Gasteiger partial charge on any atom is 0.406 e. The largest absolute Gasteiger partial charge is 0.473 e. The summed E-state index contributed by atoms with van der Waals surface area (Å²) < 4.78 is 46.8. The summed E-state index contributed by atoms with van der Waals surface area (Å²) in [6.45, 7) is 6.70. The minimum atomic E-state index is -4.42. The number of alkyl halides is 3. The van der Waals surface area contributed by atoms with E-state index in [1.54, 1.807) is 16.8 Å². The van der Waals surface area contributed by atoms with Crippen molar-refractivity contribution in [3.63, 3.8) is 0 Å². The van der Waals surface area contributed by atoms with Gasteiger partial charge in [0.15, 0.2) is 6.23 Å². The predicted octanol–water partition coefficient (Wildman–Crippen LogP) is 4.12. The number of likely N-dealkylation sites (tertiary alicyclic amines) is 2. The van der Waals surface area contributed by atoms with Gasteiger partial charge in [-0.1, -0.05) is 0 Å². The predicted molar refractivity (Wildman–Crippen MR) is 126 cm³/mol. The van der Waals surface area contributed by atoms with Gasteiger partial charge in [0.05, 0.1) is 6.20 Å². The van der Waals surface area contributed by atoms with Crippen LogP contribution in [0.15, 0.2) is 18.3 Å². The van der Waals surface area contributed by atoms with E-state index in [1.165, 1.54) is 12.8 Å². The van der Waals surface area contributed by atoms with Crippen LogP contribution in [0.3, 0.4) is 0 Å². The fraction of sp³-hybridized carbons (Fsp3) is 0.680. The van der Waals surface area contributed by atoms with Crippen LogP contribution in [-0.4, -0.2) is 87.4 Å². The number of carbonyl (C=O) groups is 1. The lowest BCUT2D eigenvalue weighted by molar-refractivity contribution is -0.141. The van der Waals surface area contributed by atoms with Gasteiger partial charge in [-0.15, -0.1) is 0 Å². The van der Waals surface area contributed by atoms with Crippen LogP contribution >= 0.6 is 0 Å². The molecule has 3 aliphatic heterocycles. The number of hydrogen-bond donors (Lipinski definition) is 0. The number of amides is 1. The van der Waals surface area contributed by atoms with E-state index in [4.69, 9.17) is 4.74 Å². The Kier molecular flexibility index (Phi) is 6.69. The maximum absolute atomic E-state index is 12.9. The third-order valence-corrected chi connectivity index (χ3v) is 7.78. The maximum atomic E-state index is 12.9. The average molecular weight is 494 g/mol. The number of fused-ring (bicyclic) bond motifs is 3. The van der Waals surface area contributed by atoms with Crippen molar-refractivity contribution in [1.82, 2.24) is 24.3 Å². The molecule has 5 rings (SSSR count). The van der Waals surface area contributed by atoms with Crippen LogP contribution in [-0.2, 0) is 6.54 Å². The van der Waals surface area contributed by atoms with Crippen molar-refractivity contribution < 1.29 is 22.7 Å². The van der Waals surface area contributed by atoms with E-state index >= 15 is 0 Å². The lowest BCUT2D eigenvalue weighted by Crippen LogP contribution is -2.44. The van der Waals surface area contributed by atoms with E-state index in [0.717, 1.165) is 43.8 Å². The van der Waals surface area contributed by atoms with Gasteiger partial charge in [0, 0.05) is 50.1 Å². The Morgan fingerprint density at radius 1 is 1.09 bits per heavy atom. The zero-order valence-electron chi connectivity index (χ0n) is 20.4. The van der Waals surface area contributed by atoms with Gasteiger partial charge in [0.25, 0.3) is 5.91 Å². The van der Waals surface area contributed by atoms with Crippen molar-refractivity contribution >= 4 is 16.9 Å². The van der Waals surface area contributed by atoms with Gasteiger partial charge in [-0.25, -0.2) is 4.98 Å². The SMILES string of the molecule is C[C@H]1CCCN1CCC(Oc1cnc2c(c1)cc1n2CCN(CC(F)(F)F)C1=O)N1CCC[C@@H]1C. The summed E-state index contributed by atoms with van der Waals surface area (Å²) in [7, 11) is 0. The molecule has 0 bridgehead atoms. The van der Waals surface area contributed by atoms with Crippen molar-refractivity contribution in [2.45, 2.75) is 77.0 Å². The molecule has 0 N–H and O–H groups in total. The highest BCUT2D eigenvalue weighted by Crippen LogP contribution is 2.30. The highest BCUT2D eigenvalue weighted by Gasteiger charge is 2.37. The Hall–Kier alpha value is -2.33. The summed E-state index contributed by atoms with van der Waals surface area (Å²) in [5, 5.41) is 0.709. The van der Waals surface area contributed by atoms with E-state index in [9.17, 15) is 18.0 Å². The molecule has 3 aliphatic rings. The first-order valence-electron chi connectivity index (χ1n) is 12.7. The molecule has 2 saturated heterocycles. The number of pyridine rings is 1. The number of nitrogens with zero attached hydrogens (tertiary/aromatic N) is 5. The molecule has 0 radical (unpaired) electrons. The quantitative estimate of drug-likeness (QED) is 0.581. The Morgan fingerprint density at radius 3 is 2.54 bits per heavy atom. The molecular formula is C25H34F3N5O2. The molecule has 0 aliphatic carbocycles. The van der Waals surface area contributed by atoms with Crippen LogP contribution in [0.5, 0.6) is 5.75 Å². The Bertz CT molecular complexity index is 1070. The van der Waals surface area contributed by atoms with E-state index in [-0.39, 0.29) is 25.0 Å². The summed E-state index contributed by atoms with van der Waals surface area (Å²) in [5.41, 5.74) is 0.845. The molecule has 5 heterocycles. The molecule has 0 saturated carbocycles. The normalized spacial score (nSPS) is 24.9. The van der Waals surface area contributed by atoms with Gasteiger partial charge < -0.3 is 19.1 Å². The number of halogens is 3. The third-order valence-electron chi connectivity index (χ3n) is 7.78. The molecule has 10 heteroatoms. The van der Waals surface area contributed by atoms with Crippen molar-refractivity contribution in [3.8, 4) is 5.75 Å². The van der Waals surface area contributed by atoms with Crippen LogP contribution in [0.2, 0.25) is 0 Å². The fourth-order valence-electron chi connectivity index (χ4n) is 5.88. The van der Waals surface area contributed by atoms with Crippen LogP contribution in [0.1, 0.15) is 56.4 Å². The van der Waals surface area contributed by atoms with Gasteiger partial charge in [0.1, 0.15) is 23.6 Å². The van der Waals surface area contributed by atoms with Gasteiger partial charge >= 0.3 is 6.18 Å².